The molecule has 0 atom stereocenters. The second-order valence-corrected chi connectivity index (χ2v) is 7.86. The van der Waals surface area contributed by atoms with Crippen LogP contribution in [0, 0.1) is 0 Å². The Morgan fingerprint density at radius 3 is 2.47 bits per heavy atom. The molecule has 0 unspecified atom stereocenters. The van der Waals surface area contributed by atoms with Gasteiger partial charge in [0.1, 0.15) is 11.5 Å². The van der Waals surface area contributed by atoms with E-state index in [0.717, 1.165) is 23.4 Å². The highest BCUT2D eigenvalue weighted by Crippen LogP contribution is 2.42. The van der Waals surface area contributed by atoms with Gasteiger partial charge in [-0.05, 0) is 44.0 Å². The smallest absolute Gasteiger partial charge is 0.150 e. The molecule has 3 aromatic heterocycles. The molecule has 0 aliphatic heterocycles. The Morgan fingerprint density at radius 2 is 1.82 bits per heavy atom. The lowest BCUT2D eigenvalue weighted by atomic mass is 10.3. The van der Waals surface area contributed by atoms with E-state index >= 15 is 0 Å². The predicted molar refractivity (Wildman–Crippen MR) is 81.1 cm³/mol. The van der Waals surface area contributed by atoms with Crippen LogP contribution in [0.1, 0.15) is 0 Å². The van der Waals surface area contributed by atoms with E-state index in [0.29, 0.717) is 5.15 Å². The summed E-state index contributed by atoms with van der Waals surface area (Å²) in [4.78, 5) is 10.5. The van der Waals surface area contributed by atoms with Crippen LogP contribution in [0.5, 0.6) is 0 Å². The maximum absolute atomic E-state index is 6.04. The molecule has 7 heteroatoms. The number of thiophene rings is 2. The minimum Gasteiger partial charge on any atom is -0.235 e. The lowest BCUT2D eigenvalue weighted by Crippen LogP contribution is -1.76. The molecule has 17 heavy (non-hydrogen) atoms. The van der Waals surface area contributed by atoms with Gasteiger partial charge in [0.2, 0.25) is 0 Å². The summed E-state index contributed by atoms with van der Waals surface area (Å²) in [5.74, 6) is 0. The number of hydrogen-bond acceptors (Lipinski definition) is 4. The third-order valence-corrected chi connectivity index (χ3v) is 7.14. The fourth-order valence-electron chi connectivity index (χ4n) is 1.41. The van der Waals surface area contributed by atoms with Crippen LogP contribution >= 0.6 is 66.1 Å². The standard InChI is InChI=1S/C10H3Br2ClN2S2/c11-4-1-6(17-9(4)12)7-2-5-8(16-7)10(13)15-3-14-5/h1-3H. The SMILES string of the molecule is Clc1ncnc2cc(-c3cc(Br)c(Br)s3)sc12. The average molecular weight is 411 g/mol. The van der Waals surface area contributed by atoms with E-state index in [2.05, 4.69) is 47.9 Å². The molecule has 0 N–H and O–H groups in total. The van der Waals surface area contributed by atoms with Crippen LogP contribution in [-0.4, -0.2) is 9.97 Å². The highest BCUT2D eigenvalue weighted by Gasteiger charge is 2.12. The Balaban J connectivity index is 2.21. The molecule has 3 rings (SSSR count). The molecule has 0 aliphatic rings. The van der Waals surface area contributed by atoms with Crippen molar-refractivity contribution in [1.82, 2.24) is 9.97 Å². The minimum absolute atomic E-state index is 0.515. The molecule has 0 saturated heterocycles. The zero-order valence-corrected chi connectivity index (χ0v) is 13.6. The van der Waals surface area contributed by atoms with Crippen molar-refractivity contribution in [3.63, 3.8) is 0 Å². The van der Waals surface area contributed by atoms with Gasteiger partial charge in [-0.3, -0.25) is 0 Å². The summed E-state index contributed by atoms with van der Waals surface area (Å²) >= 11 is 16.3. The summed E-state index contributed by atoms with van der Waals surface area (Å²) in [5, 5.41) is 0.515. The quantitative estimate of drug-likeness (QED) is 0.488. The van der Waals surface area contributed by atoms with Crippen molar-refractivity contribution in [2.75, 3.05) is 0 Å². The summed E-state index contributed by atoms with van der Waals surface area (Å²) in [7, 11) is 0. The number of nitrogens with zero attached hydrogens (tertiary/aromatic N) is 2. The van der Waals surface area contributed by atoms with Crippen molar-refractivity contribution < 1.29 is 0 Å². The Bertz CT molecular complexity index is 688. The van der Waals surface area contributed by atoms with Crippen molar-refractivity contribution in [2.45, 2.75) is 0 Å². The summed E-state index contributed by atoms with van der Waals surface area (Å²) in [6.07, 6.45) is 1.49. The molecule has 3 heterocycles. The number of fused-ring (bicyclic) bond motifs is 1. The van der Waals surface area contributed by atoms with Gasteiger partial charge in [0.15, 0.2) is 0 Å². The third kappa shape index (κ3) is 2.17. The summed E-state index contributed by atoms with van der Waals surface area (Å²) in [5.41, 5.74) is 0.894. The van der Waals surface area contributed by atoms with E-state index < -0.39 is 0 Å². The second-order valence-electron chi connectivity index (χ2n) is 3.22. The van der Waals surface area contributed by atoms with Gasteiger partial charge in [0, 0.05) is 14.2 Å². The van der Waals surface area contributed by atoms with E-state index in [1.807, 2.05) is 6.07 Å². The first kappa shape index (κ1) is 12.0. The maximum atomic E-state index is 6.04. The third-order valence-electron chi connectivity index (χ3n) is 2.16. The largest absolute Gasteiger partial charge is 0.235 e. The fourth-order valence-corrected chi connectivity index (χ4v) is 4.77. The molecule has 0 amide bonds. The zero-order valence-electron chi connectivity index (χ0n) is 8.08. The lowest BCUT2D eigenvalue weighted by molar-refractivity contribution is 1.23. The fraction of sp³-hybridized carbons (Fsp3) is 0. The van der Waals surface area contributed by atoms with Gasteiger partial charge >= 0.3 is 0 Å². The molecule has 0 spiro atoms. The van der Waals surface area contributed by atoms with Crippen molar-refractivity contribution >= 4 is 76.4 Å². The van der Waals surface area contributed by atoms with E-state index in [1.54, 1.807) is 22.7 Å². The van der Waals surface area contributed by atoms with Gasteiger partial charge in [-0.2, -0.15) is 0 Å². The number of halogens is 3. The first-order chi connectivity index (χ1) is 8.15. The first-order valence-corrected chi connectivity index (χ1v) is 8.10. The minimum atomic E-state index is 0.515. The Kier molecular flexibility index (Phi) is 3.25. The van der Waals surface area contributed by atoms with Crippen LogP contribution in [0.4, 0.5) is 0 Å². The van der Waals surface area contributed by atoms with Crippen LogP contribution in [0.2, 0.25) is 5.15 Å². The monoisotopic (exact) mass is 408 g/mol. The topological polar surface area (TPSA) is 25.8 Å². The molecule has 0 fully saturated rings. The molecule has 0 bridgehead atoms. The first-order valence-electron chi connectivity index (χ1n) is 4.50. The molecule has 86 valence electrons. The molecule has 0 aliphatic carbocycles. The molecular formula is C10H3Br2ClN2S2. The molecular weight excluding hydrogens is 408 g/mol. The van der Waals surface area contributed by atoms with Crippen LogP contribution in [0.15, 0.2) is 26.7 Å². The van der Waals surface area contributed by atoms with Crippen molar-refractivity contribution in [2.24, 2.45) is 0 Å². The van der Waals surface area contributed by atoms with E-state index in [1.165, 1.54) is 11.2 Å². The summed E-state index contributed by atoms with van der Waals surface area (Å²) < 4.78 is 3.08. The van der Waals surface area contributed by atoms with Gasteiger partial charge in [0.05, 0.1) is 14.0 Å². The van der Waals surface area contributed by atoms with Gasteiger partial charge in [0.25, 0.3) is 0 Å². The van der Waals surface area contributed by atoms with Crippen LogP contribution in [-0.2, 0) is 0 Å². The Labute approximate surface area is 127 Å². The zero-order chi connectivity index (χ0) is 12.0. The van der Waals surface area contributed by atoms with Gasteiger partial charge in [-0.1, -0.05) is 11.6 Å². The summed E-state index contributed by atoms with van der Waals surface area (Å²) in [6, 6.07) is 4.12. The van der Waals surface area contributed by atoms with Crippen molar-refractivity contribution in [3.05, 3.63) is 31.9 Å². The highest BCUT2D eigenvalue weighted by atomic mass is 79.9. The van der Waals surface area contributed by atoms with Gasteiger partial charge < -0.3 is 0 Å². The number of rotatable bonds is 1. The molecule has 0 saturated carbocycles. The summed E-state index contributed by atoms with van der Waals surface area (Å²) in [6.45, 7) is 0. The van der Waals surface area contributed by atoms with Crippen LogP contribution < -0.4 is 0 Å². The van der Waals surface area contributed by atoms with Crippen LogP contribution in [0.25, 0.3) is 20.0 Å². The molecule has 0 aromatic carbocycles. The highest BCUT2D eigenvalue weighted by molar-refractivity contribution is 9.13. The van der Waals surface area contributed by atoms with Gasteiger partial charge in [-0.25, -0.2) is 9.97 Å². The molecule has 3 aromatic rings. The second kappa shape index (κ2) is 4.59. The normalized spacial score (nSPS) is 11.2. The van der Waals surface area contributed by atoms with E-state index in [4.69, 9.17) is 11.6 Å². The number of aromatic nitrogens is 2. The van der Waals surface area contributed by atoms with Gasteiger partial charge in [-0.15, -0.1) is 22.7 Å². The molecule has 0 radical (unpaired) electrons. The Morgan fingerprint density at radius 1 is 1.06 bits per heavy atom. The number of hydrogen-bond donors (Lipinski definition) is 0. The van der Waals surface area contributed by atoms with Crippen molar-refractivity contribution in [3.8, 4) is 9.75 Å². The van der Waals surface area contributed by atoms with E-state index in [-0.39, 0.29) is 0 Å². The van der Waals surface area contributed by atoms with E-state index in [9.17, 15) is 0 Å². The predicted octanol–water partition coefficient (Wildman–Crippen LogP) is 5.60. The molecule has 2 nitrogen and oxygen atoms in total. The van der Waals surface area contributed by atoms with Crippen molar-refractivity contribution in [1.29, 1.82) is 0 Å². The van der Waals surface area contributed by atoms with Crippen LogP contribution in [0.3, 0.4) is 0 Å². The Hall–Kier alpha value is -0.01000. The lowest BCUT2D eigenvalue weighted by Gasteiger charge is -1.88. The maximum Gasteiger partial charge on any atom is 0.150 e. The average Bonchev–Trinajstić information content (AvgIpc) is 2.85.